The van der Waals surface area contributed by atoms with Crippen LogP contribution in [-0.2, 0) is 25.5 Å². The molecule has 11 nitrogen and oxygen atoms in total. The van der Waals surface area contributed by atoms with Gasteiger partial charge in [-0.25, -0.2) is 9.69 Å². The third-order valence-electron chi connectivity index (χ3n) is 6.53. The number of nitrogens with zero attached hydrogens (tertiary/aromatic N) is 3. The summed E-state index contributed by atoms with van der Waals surface area (Å²) < 4.78 is 10.6. The highest BCUT2D eigenvalue weighted by Crippen LogP contribution is 2.42. The minimum Gasteiger partial charge on any atom is -0.365 e. The average Bonchev–Trinajstić information content (AvgIpc) is 2.82. The van der Waals surface area contributed by atoms with Crippen molar-refractivity contribution >= 4 is 34.9 Å². The van der Waals surface area contributed by atoms with Crippen LogP contribution in [0.3, 0.4) is 0 Å². The summed E-state index contributed by atoms with van der Waals surface area (Å²) in [6.07, 6.45) is -0.795. The second kappa shape index (κ2) is 9.08. The van der Waals surface area contributed by atoms with E-state index in [1.807, 2.05) is 13.0 Å². The van der Waals surface area contributed by atoms with Crippen LogP contribution < -0.4 is 15.1 Å². The van der Waals surface area contributed by atoms with Gasteiger partial charge in [-0.3, -0.25) is 25.0 Å². The number of hydrogen-bond donors (Lipinski definition) is 1. The Hall–Kier alpha value is -3.83. The number of amides is 4. The highest BCUT2D eigenvalue weighted by Gasteiger charge is 2.57. The number of barbiturate groups is 1. The van der Waals surface area contributed by atoms with E-state index >= 15 is 0 Å². The van der Waals surface area contributed by atoms with Crippen LogP contribution in [0.4, 0.5) is 21.9 Å². The number of nitro groups is 1. The summed E-state index contributed by atoms with van der Waals surface area (Å²) in [5.41, 5.74) is 1.22. The molecule has 1 N–H and O–H groups in total. The quantitative estimate of drug-likeness (QED) is 0.288. The van der Waals surface area contributed by atoms with E-state index in [2.05, 4.69) is 5.32 Å². The van der Waals surface area contributed by atoms with E-state index in [0.29, 0.717) is 22.5 Å². The third kappa shape index (κ3) is 4.13. The molecule has 1 saturated heterocycles. The second-order valence-electron chi connectivity index (χ2n) is 8.80. The Morgan fingerprint density at radius 2 is 1.77 bits per heavy atom. The van der Waals surface area contributed by atoms with E-state index < -0.39 is 34.5 Å². The first-order valence-electron chi connectivity index (χ1n) is 11.0. The van der Waals surface area contributed by atoms with Crippen LogP contribution >= 0.6 is 0 Å². The van der Waals surface area contributed by atoms with Crippen molar-refractivity contribution in [2.45, 2.75) is 26.6 Å². The van der Waals surface area contributed by atoms with Gasteiger partial charge in [0.1, 0.15) is 0 Å². The number of benzene rings is 2. The molecule has 2 aromatic carbocycles. The second-order valence-corrected chi connectivity index (χ2v) is 8.80. The molecule has 0 saturated carbocycles. The van der Waals surface area contributed by atoms with Crippen molar-refractivity contribution < 1.29 is 28.8 Å². The van der Waals surface area contributed by atoms with Crippen LogP contribution in [0.5, 0.6) is 0 Å². The minimum atomic E-state index is -1.69. The van der Waals surface area contributed by atoms with Gasteiger partial charge in [0.2, 0.25) is 5.91 Å². The number of urea groups is 1. The Morgan fingerprint density at radius 3 is 2.40 bits per heavy atom. The van der Waals surface area contributed by atoms with Gasteiger partial charge < -0.3 is 14.4 Å². The monoisotopic (exact) mass is 482 g/mol. The summed E-state index contributed by atoms with van der Waals surface area (Å²) in [5, 5.41) is 13.8. The van der Waals surface area contributed by atoms with Crippen molar-refractivity contribution in [2.75, 3.05) is 37.1 Å². The topological polar surface area (TPSA) is 131 Å². The zero-order valence-corrected chi connectivity index (χ0v) is 19.9. The zero-order valence-electron chi connectivity index (χ0n) is 19.9. The van der Waals surface area contributed by atoms with Gasteiger partial charge in [0, 0.05) is 38.6 Å². The number of aryl methyl sites for hydroxylation is 2. The Labute approximate surface area is 201 Å². The number of anilines is 2. The van der Waals surface area contributed by atoms with Gasteiger partial charge in [-0.05, 0) is 43.5 Å². The lowest BCUT2D eigenvalue weighted by Gasteiger charge is -2.46. The van der Waals surface area contributed by atoms with Crippen LogP contribution in [0.1, 0.15) is 16.7 Å². The molecule has 0 bridgehead atoms. The maximum Gasteiger partial charge on any atom is 0.335 e. The van der Waals surface area contributed by atoms with Crippen molar-refractivity contribution in [1.29, 1.82) is 0 Å². The molecular formula is C24H26N4O7. The lowest BCUT2D eigenvalue weighted by molar-refractivity contribution is -0.384. The first-order valence-corrected chi connectivity index (χ1v) is 11.0. The molecule has 11 heteroatoms. The normalized spacial score (nSPS) is 19.9. The van der Waals surface area contributed by atoms with Gasteiger partial charge in [0.25, 0.3) is 11.6 Å². The van der Waals surface area contributed by atoms with E-state index in [4.69, 9.17) is 9.47 Å². The van der Waals surface area contributed by atoms with E-state index in [1.54, 1.807) is 30.0 Å². The molecule has 1 spiro atoms. The van der Waals surface area contributed by atoms with Crippen LogP contribution in [0.25, 0.3) is 0 Å². The van der Waals surface area contributed by atoms with Gasteiger partial charge in [-0.1, -0.05) is 17.7 Å². The van der Waals surface area contributed by atoms with E-state index in [1.165, 1.54) is 26.4 Å². The fraction of sp³-hybridized carbons (Fsp3) is 0.375. The van der Waals surface area contributed by atoms with Crippen molar-refractivity contribution in [1.82, 2.24) is 5.32 Å². The maximum absolute atomic E-state index is 14.0. The van der Waals surface area contributed by atoms with Gasteiger partial charge in [-0.2, -0.15) is 0 Å². The Balaban J connectivity index is 1.84. The number of methoxy groups -OCH3 is 2. The van der Waals surface area contributed by atoms with Gasteiger partial charge in [0.05, 0.1) is 17.2 Å². The first-order chi connectivity index (χ1) is 16.6. The minimum absolute atomic E-state index is 0.0691. The molecule has 1 fully saturated rings. The number of fused-ring (bicyclic) bond motifs is 1. The largest absolute Gasteiger partial charge is 0.365 e. The molecular weight excluding hydrogens is 456 g/mol. The summed E-state index contributed by atoms with van der Waals surface area (Å²) in [6, 6.07) is 8.76. The van der Waals surface area contributed by atoms with Gasteiger partial charge in [0.15, 0.2) is 11.7 Å². The molecule has 0 aromatic heterocycles. The van der Waals surface area contributed by atoms with E-state index in [9.17, 15) is 24.5 Å². The Morgan fingerprint density at radius 1 is 1.09 bits per heavy atom. The maximum atomic E-state index is 14.0. The summed E-state index contributed by atoms with van der Waals surface area (Å²) in [6.45, 7) is 3.75. The van der Waals surface area contributed by atoms with Crippen molar-refractivity contribution in [3.8, 4) is 0 Å². The van der Waals surface area contributed by atoms with Crippen LogP contribution in [-0.4, -0.2) is 56.4 Å². The first kappa shape index (κ1) is 24.3. The van der Waals surface area contributed by atoms with Gasteiger partial charge >= 0.3 is 6.03 Å². The number of hydrogen-bond acceptors (Lipinski definition) is 8. The third-order valence-corrected chi connectivity index (χ3v) is 6.53. The molecule has 1 atom stereocenters. The Bertz CT molecular complexity index is 1230. The molecule has 4 amide bonds. The number of imide groups is 2. The highest BCUT2D eigenvalue weighted by molar-refractivity contribution is 6.30. The Kier molecular flexibility index (Phi) is 6.30. The number of rotatable bonds is 6. The zero-order chi connectivity index (χ0) is 25.5. The number of carbonyl (C=O) groups is 3. The number of ether oxygens (including phenoxy) is 2. The van der Waals surface area contributed by atoms with Crippen molar-refractivity contribution in [3.63, 3.8) is 0 Å². The molecule has 2 heterocycles. The molecule has 2 aliphatic heterocycles. The predicted molar refractivity (Wildman–Crippen MR) is 126 cm³/mol. The van der Waals surface area contributed by atoms with Gasteiger partial charge in [-0.15, -0.1) is 0 Å². The number of nitro benzene ring substituents is 1. The highest BCUT2D eigenvalue weighted by atomic mass is 16.7. The molecule has 0 unspecified atom stereocenters. The van der Waals surface area contributed by atoms with Crippen LogP contribution in [0.15, 0.2) is 36.4 Å². The van der Waals surface area contributed by atoms with E-state index in [0.717, 1.165) is 10.5 Å². The molecule has 35 heavy (non-hydrogen) atoms. The summed E-state index contributed by atoms with van der Waals surface area (Å²) >= 11 is 0. The summed E-state index contributed by atoms with van der Waals surface area (Å²) in [5.74, 6) is -1.44. The molecule has 2 aliphatic rings. The van der Waals surface area contributed by atoms with Crippen molar-refractivity contribution in [2.24, 2.45) is 5.41 Å². The summed E-state index contributed by atoms with van der Waals surface area (Å²) in [7, 11) is 2.92. The van der Waals surface area contributed by atoms with Crippen LogP contribution in [0, 0.1) is 29.4 Å². The molecule has 0 aliphatic carbocycles. The number of nitrogens with one attached hydrogen (secondary N) is 1. The van der Waals surface area contributed by atoms with Crippen molar-refractivity contribution in [3.05, 3.63) is 63.2 Å². The summed E-state index contributed by atoms with van der Waals surface area (Å²) in [4.78, 5) is 53.8. The standard InChI is InChI=1S/C24H26N4O7/c1-14-5-7-18(15(2)9-14)27-22(30)24(21(29)25-23(27)31)11-16-10-17(28(32)33)6-8-19(16)26(13-24)12-20(34-3)35-4/h5-10,20H,11-13H2,1-4H3,(H,25,29,31)/t24-/m1/s1. The molecule has 2 aromatic rings. The number of carbonyl (C=O) groups excluding carboxylic acids is 3. The average molecular weight is 482 g/mol. The SMILES string of the molecule is COC(CN1C[C@]2(Cc3cc([N+](=O)[O-])ccc31)C(=O)NC(=O)N(c1ccc(C)cc1C)C2=O)OC. The lowest BCUT2D eigenvalue weighted by Crippen LogP contribution is -2.69. The molecule has 184 valence electrons. The predicted octanol–water partition coefficient (Wildman–Crippen LogP) is 2.46. The lowest BCUT2D eigenvalue weighted by atomic mass is 9.74. The molecule has 4 rings (SSSR count). The fourth-order valence-electron chi connectivity index (χ4n) is 4.76. The number of non-ortho nitro benzene ring substituents is 1. The smallest absolute Gasteiger partial charge is 0.335 e. The van der Waals surface area contributed by atoms with Crippen LogP contribution in [0.2, 0.25) is 0 Å². The molecule has 0 radical (unpaired) electrons. The fourth-order valence-corrected chi connectivity index (χ4v) is 4.76. The van der Waals surface area contributed by atoms with E-state index in [-0.39, 0.29) is 25.2 Å².